The first-order chi connectivity index (χ1) is 12.1. The number of hydrogen-bond donors (Lipinski definition) is 1. The molecule has 0 unspecified atom stereocenters. The molecule has 1 aromatic heterocycles. The van der Waals surface area contributed by atoms with E-state index in [4.69, 9.17) is 4.74 Å². The molecule has 1 heterocycles. The first-order valence-corrected chi connectivity index (χ1v) is 8.27. The maximum Gasteiger partial charge on any atom is 0.351 e. The highest BCUT2D eigenvalue weighted by molar-refractivity contribution is 5.81. The van der Waals surface area contributed by atoms with E-state index in [-0.39, 0.29) is 31.3 Å². The van der Waals surface area contributed by atoms with Crippen LogP contribution in [0.1, 0.15) is 31.5 Å². The van der Waals surface area contributed by atoms with Crippen molar-refractivity contribution in [3.63, 3.8) is 0 Å². The zero-order valence-electron chi connectivity index (χ0n) is 14.0. The Labute approximate surface area is 144 Å². The molecule has 0 bridgehead atoms. The van der Waals surface area contributed by atoms with Crippen LogP contribution >= 0.6 is 0 Å². The number of esters is 1. The number of ether oxygens (including phenoxy) is 1. The normalized spacial score (nSPS) is 13.5. The minimum atomic E-state index is -0.517. The van der Waals surface area contributed by atoms with Crippen LogP contribution in [0.3, 0.4) is 0 Å². The number of hydrogen-bond acceptors (Lipinski definition) is 5. The Morgan fingerprint density at radius 3 is 2.64 bits per heavy atom. The fourth-order valence-corrected chi connectivity index (χ4v) is 2.53. The molecule has 8 nitrogen and oxygen atoms in total. The van der Waals surface area contributed by atoms with Crippen molar-refractivity contribution in [2.45, 2.75) is 32.2 Å². The van der Waals surface area contributed by atoms with Crippen molar-refractivity contribution < 1.29 is 14.3 Å². The Morgan fingerprint density at radius 1 is 1.28 bits per heavy atom. The van der Waals surface area contributed by atoms with E-state index >= 15 is 0 Å². The molecule has 0 atom stereocenters. The molecular formula is C17H20N4O4. The van der Waals surface area contributed by atoms with Gasteiger partial charge in [0, 0.05) is 5.92 Å². The number of para-hydroxylation sites is 1. The highest BCUT2D eigenvalue weighted by atomic mass is 16.5. The van der Waals surface area contributed by atoms with Gasteiger partial charge in [0.1, 0.15) is 18.9 Å². The van der Waals surface area contributed by atoms with Crippen molar-refractivity contribution in [1.29, 1.82) is 0 Å². The molecule has 8 heteroatoms. The molecule has 1 aromatic carbocycles. The van der Waals surface area contributed by atoms with Gasteiger partial charge in [-0.2, -0.15) is 5.10 Å². The fourth-order valence-electron chi connectivity index (χ4n) is 2.53. The van der Waals surface area contributed by atoms with Crippen LogP contribution in [0.5, 0.6) is 0 Å². The Hall–Kier alpha value is -2.90. The number of aromatic nitrogens is 3. The standard InChI is InChI=1S/C17H20N4O4/c1-2-25-15(23)10-18-14(22)11-20-17(24)21(13-6-4-3-5-7-13)16(19-20)12-8-9-12/h3-7,12H,2,8-11H2,1H3,(H,18,22). The molecule has 132 valence electrons. The Bertz CT molecular complexity index is 821. The number of amides is 1. The van der Waals surface area contributed by atoms with Gasteiger partial charge < -0.3 is 10.1 Å². The highest BCUT2D eigenvalue weighted by Crippen LogP contribution is 2.39. The van der Waals surface area contributed by atoms with Crippen LogP contribution in [0.4, 0.5) is 0 Å². The van der Waals surface area contributed by atoms with Gasteiger partial charge in [0.15, 0.2) is 0 Å². The molecule has 1 aliphatic carbocycles. The minimum Gasteiger partial charge on any atom is -0.465 e. The maximum absolute atomic E-state index is 12.7. The molecular weight excluding hydrogens is 324 g/mol. The summed E-state index contributed by atoms with van der Waals surface area (Å²) < 4.78 is 7.44. The smallest absolute Gasteiger partial charge is 0.351 e. The Kier molecular flexibility index (Phi) is 4.97. The molecule has 0 radical (unpaired) electrons. The summed E-state index contributed by atoms with van der Waals surface area (Å²) >= 11 is 0. The first kappa shape index (κ1) is 16.9. The van der Waals surface area contributed by atoms with E-state index in [1.54, 1.807) is 11.5 Å². The van der Waals surface area contributed by atoms with E-state index in [9.17, 15) is 14.4 Å². The molecule has 1 aliphatic rings. The van der Waals surface area contributed by atoms with Crippen molar-refractivity contribution in [1.82, 2.24) is 19.7 Å². The lowest BCUT2D eigenvalue weighted by molar-refractivity contribution is -0.143. The second kappa shape index (κ2) is 7.33. The summed E-state index contributed by atoms with van der Waals surface area (Å²) in [5, 5.41) is 6.78. The van der Waals surface area contributed by atoms with Crippen LogP contribution in [-0.4, -0.2) is 39.4 Å². The van der Waals surface area contributed by atoms with Gasteiger partial charge in [-0.3, -0.25) is 9.59 Å². The minimum absolute atomic E-state index is 0.226. The van der Waals surface area contributed by atoms with Gasteiger partial charge in [-0.25, -0.2) is 14.0 Å². The SMILES string of the molecule is CCOC(=O)CNC(=O)Cn1nc(C2CC2)n(-c2ccccc2)c1=O. The van der Waals surface area contributed by atoms with Gasteiger partial charge in [-0.05, 0) is 31.9 Å². The van der Waals surface area contributed by atoms with Crippen LogP contribution < -0.4 is 11.0 Å². The van der Waals surface area contributed by atoms with Crippen molar-refractivity contribution in [2.75, 3.05) is 13.2 Å². The third kappa shape index (κ3) is 3.96. The third-order valence-corrected chi connectivity index (χ3v) is 3.85. The summed E-state index contributed by atoms with van der Waals surface area (Å²) in [6.07, 6.45) is 1.97. The van der Waals surface area contributed by atoms with E-state index in [1.807, 2.05) is 30.3 Å². The molecule has 0 saturated heterocycles. The van der Waals surface area contributed by atoms with E-state index in [0.29, 0.717) is 5.82 Å². The predicted molar refractivity (Wildman–Crippen MR) is 89.4 cm³/mol. The Morgan fingerprint density at radius 2 is 2.00 bits per heavy atom. The summed E-state index contributed by atoms with van der Waals surface area (Å²) in [6, 6.07) is 9.24. The first-order valence-electron chi connectivity index (χ1n) is 8.27. The fraction of sp³-hybridized carbons (Fsp3) is 0.412. The van der Waals surface area contributed by atoms with Crippen molar-refractivity contribution in [3.05, 3.63) is 46.6 Å². The van der Waals surface area contributed by atoms with Crippen molar-refractivity contribution in [2.24, 2.45) is 0 Å². The molecule has 1 N–H and O–H groups in total. The molecule has 2 aromatic rings. The van der Waals surface area contributed by atoms with Gasteiger partial charge in [-0.1, -0.05) is 18.2 Å². The van der Waals surface area contributed by atoms with E-state index in [1.165, 1.54) is 0 Å². The predicted octanol–water partition coefficient (Wildman–Crippen LogP) is 0.591. The number of nitrogens with zero attached hydrogens (tertiary/aromatic N) is 3. The van der Waals surface area contributed by atoms with Crippen LogP contribution in [0.2, 0.25) is 0 Å². The lowest BCUT2D eigenvalue weighted by Gasteiger charge is -2.04. The zero-order valence-corrected chi connectivity index (χ0v) is 14.0. The summed E-state index contributed by atoms with van der Waals surface area (Å²) in [4.78, 5) is 36.0. The number of nitrogens with one attached hydrogen (secondary N) is 1. The summed E-state index contributed by atoms with van der Waals surface area (Å²) in [6.45, 7) is 1.48. The van der Waals surface area contributed by atoms with Crippen LogP contribution in [0.25, 0.3) is 5.69 Å². The second-order valence-corrected chi connectivity index (χ2v) is 5.83. The number of carbonyl (C=O) groups is 2. The zero-order chi connectivity index (χ0) is 17.8. The summed E-state index contributed by atoms with van der Waals surface area (Å²) in [5.74, 6) is -0.0574. The highest BCUT2D eigenvalue weighted by Gasteiger charge is 2.31. The Balaban J connectivity index is 1.78. The van der Waals surface area contributed by atoms with Crippen LogP contribution in [-0.2, 0) is 20.9 Å². The largest absolute Gasteiger partial charge is 0.465 e. The maximum atomic E-state index is 12.7. The van der Waals surface area contributed by atoms with Gasteiger partial charge in [0.05, 0.1) is 12.3 Å². The molecule has 0 spiro atoms. The van der Waals surface area contributed by atoms with E-state index < -0.39 is 11.9 Å². The van der Waals surface area contributed by atoms with Gasteiger partial charge in [-0.15, -0.1) is 0 Å². The molecule has 1 fully saturated rings. The van der Waals surface area contributed by atoms with Gasteiger partial charge >= 0.3 is 11.7 Å². The second-order valence-electron chi connectivity index (χ2n) is 5.83. The average molecular weight is 344 g/mol. The quantitative estimate of drug-likeness (QED) is 0.742. The van der Waals surface area contributed by atoms with E-state index in [2.05, 4.69) is 10.4 Å². The van der Waals surface area contributed by atoms with Crippen LogP contribution in [0, 0.1) is 0 Å². The van der Waals surface area contributed by atoms with Crippen LogP contribution in [0.15, 0.2) is 35.1 Å². The number of rotatable bonds is 7. The monoisotopic (exact) mass is 344 g/mol. The molecule has 1 saturated carbocycles. The molecule has 0 aliphatic heterocycles. The summed E-state index contributed by atoms with van der Waals surface area (Å²) in [7, 11) is 0. The third-order valence-electron chi connectivity index (χ3n) is 3.85. The number of benzene rings is 1. The van der Waals surface area contributed by atoms with Crippen molar-refractivity contribution >= 4 is 11.9 Å². The van der Waals surface area contributed by atoms with Crippen molar-refractivity contribution in [3.8, 4) is 5.69 Å². The average Bonchev–Trinajstić information content (AvgIpc) is 3.40. The molecule has 1 amide bonds. The lowest BCUT2D eigenvalue weighted by Crippen LogP contribution is -2.36. The topological polar surface area (TPSA) is 95.2 Å². The van der Waals surface area contributed by atoms with Gasteiger partial charge in [0.2, 0.25) is 5.91 Å². The summed E-state index contributed by atoms with van der Waals surface area (Å²) in [5.41, 5.74) is 0.368. The van der Waals surface area contributed by atoms with E-state index in [0.717, 1.165) is 23.2 Å². The molecule has 3 rings (SSSR count). The molecule has 25 heavy (non-hydrogen) atoms. The van der Waals surface area contributed by atoms with Gasteiger partial charge in [0.25, 0.3) is 0 Å². The number of carbonyl (C=O) groups excluding carboxylic acids is 2. The lowest BCUT2D eigenvalue weighted by atomic mass is 10.3.